The Morgan fingerprint density at radius 1 is 0.304 bits per heavy atom. The maximum Gasteiger partial charge on any atom is 0.426 e. The number of ether oxygens (including phenoxy) is 6. The Bertz CT molecular complexity index is 2240. The molecule has 0 saturated carbocycles. The molecule has 0 fully saturated rings. The second kappa shape index (κ2) is 27.8. The first-order valence-electron chi connectivity index (χ1n) is 24.9. The number of nitrogens with zero attached hydrogens (tertiary/aromatic N) is 5. The van der Waals surface area contributed by atoms with Gasteiger partial charge in [-0.3, -0.25) is 29.4 Å². The quantitative estimate of drug-likeness (QED) is 0.0961. The molecule has 8 N–H and O–H groups in total. The van der Waals surface area contributed by atoms with E-state index in [9.17, 15) is 57.8 Å². The molecule has 0 bridgehead atoms. The van der Waals surface area contributed by atoms with Crippen LogP contribution >= 0.6 is 0 Å². The van der Waals surface area contributed by atoms with E-state index < -0.39 is 142 Å². The molecule has 31 nitrogen and oxygen atoms in total. The van der Waals surface area contributed by atoms with Crippen molar-refractivity contribution < 1.29 is 91.1 Å². The zero-order chi connectivity index (χ0) is 62.5. The summed E-state index contributed by atoms with van der Waals surface area (Å²) < 4.78 is 31.9. The summed E-state index contributed by atoms with van der Waals surface area (Å²) in [5.74, 6) is -8.45. The molecule has 0 heterocycles. The number of carboxylic acid groups (broad SMARTS) is 1. The maximum atomic E-state index is 15.1. The van der Waals surface area contributed by atoms with Crippen LogP contribution in [0.25, 0.3) is 0 Å². The Hall–Kier alpha value is -7.60. The summed E-state index contributed by atoms with van der Waals surface area (Å²) in [5.41, 5.74) is 8.05. The molecule has 0 radical (unpaired) electrons. The van der Waals surface area contributed by atoms with Crippen LogP contribution in [0, 0.1) is 0 Å². The highest BCUT2D eigenvalue weighted by Crippen LogP contribution is 2.18. The summed E-state index contributed by atoms with van der Waals surface area (Å²) in [6.45, 7) is 32.9. The second-order valence-electron chi connectivity index (χ2n) is 23.8. The molecule has 0 rings (SSSR count). The normalized spacial score (nSPS) is 14.2. The van der Waals surface area contributed by atoms with Crippen LogP contribution in [0.5, 0.6) is 0 Å². The van der Waals surface area contributed by atoms with Gasteiger partial charge >= 0.3 is 42.5 Å². The van der Waals surface area contributed by atoms with Crippen molar-refractivity contribution in [1.29, 1.82) is 0 Å². The van der Waals surface area contributed by atoms with Gasteiger partial charge in [0.15, 0.2) is 0 Å². The van der Waals surface area contributed by atoms with Gasteiger partial charge in [-0.1, -0.05) is 0 Å². The smallest absolute Gasteiger partial charge is 0.426 e. The summed E-state index contributed by atoms with van der Waals surface area (Å²) in [7, 11) is 0. The number of carbonyl (C=O) groups is 12. The molecule has 0 unspecified atom stereocenters. The first kappa shape index (κ1) is 71.4. The number of aliphatic carboxylic acids is 1. The van der Waals surface area contributed by atoms with E-state index in [1.165, 1.54) is 111 Å². The van der Waals surface area contributed by atoms with Gasteiger partial charge < -0.3 is 33.5 Å². The van der Waals surface area contributed by atoms with E-state index in [0.717, 1.165) is 34.6 Å². The van der Waals surface area contributed by atoms with E-state index in [1.807, 2.05) is 5.43 Å². The summed E-state index contributed by atoms with van der Waals surface area (Å²) in [5, 5.41) is 11.7. The average molecular weight is 1140 g/mol. The van der Waals surface area contributed by atoms with Crippen molar-refractivity contribution in [3.63, 3.8) is 0 Å². The maximum absolute atomic E-state index is 15.1. The number of hydrogen-bond donors (Lipinski definition) is 8. The number of carbonyl (C=O) groups excluding carboxylic acids is 11. The summed E-state index contributed by atoms with van der Waals surface area (Å²) in [6.07, 6.45) is -7.76. The summed E-state index contributed by atoms with van der Waals surface area (Å²) in [6, 6.07) is -11.6. The second-order valence-corrected chi connectivity index (χ2v) is 23.8. The first-order valence-corrected chi connectivity index (χ1v) is 24.9. The fourth-order valence-electron chi connectivity index (χ4n) is 5.81. The minimum atomic E-state index is -2.12. The predicted octanol–water partition coefficient (Wildman–Crippen LogP) is 3.77. The lowest BCUT2D eigenvalue weighted by atomic mass is 10.1. The first-order chi connectivity index (χ1) is 35.3. The standard InChI is InChI=1S/C48H86N12O19/c1-25(49-50-37(68)74-43(7,8)9)31(61)56(51-38(69)75-44(10,11)12)26(2)32(62)57(52-39(70)76-45(13,14)15)27(3)33(63)58(53-40(71)77-46(16,17)18)28(4)34(64)59(54-41(72)78-47(19,20)21)29(5)35(65)60(30(6)36(66)67)55-42(73)79-48(22,23)24/h25-30,49H,1-24H3,(H,50,68)(H,51,69)(H,52,70)(H,53,71)(H,54,72)(H,55,73)(H,66,67)/t25-,26-,27-,28-,29-,30-/m0/s1. The molecule has 31 heteroatoms. The largest absolute Gasteiger partial charge is 0.480 e. The molecular weight excluding hydrogens is 1050 g/mol. The number of rotatable bonds is 13. The molecule has 6 atom stereocenters. The van der Waals surface area contributed by atoms with Crippen LogP contribution in [0.3, 0.4) is 0 Å². The van der Waals surface area contributed by atoms with Gasteiger partial charge in [0.05, 0.1) is 0 Å². The van der Waals surface area contributed by atoms with Gasteiger partial charge in [-0.25, -0.2) is 91.2 Å². The van der Waals surface area contributed by atoms with Crippen molar-refractivity contribution in [2.75, 3.05) is 0 Å². The zero-order valence-corrected chi connectivity index (χ0v) is 50.0. The molecular formula is C48H86N12O19. The van der Waals surface area contributed by atoms with Gasteiger partial charge in [-0.15, -0.1) is 0 Å². The Balaban J connectivity index is 8.18. The lowest BCUT2D eigenvalue weighted by Crippen LogP contribution is -2.69. The van der Waals surface area contributed by atoms with Crippen LogP contribution in [-0.2, 0) is 57.2 Å². The average Bonchev–Trinajstić information content (AvgIpc) is 3.23. The molecule has 0 aromatic rings. The zero-order valence-electron chi connectivity index (χ0n) is 50.0. The van der Waals surface area contributed by atoms with E-state index in [-0.39, 0.29) is 0 Å². The van der Waals surface area contributed by atoms with Crippen molar-refractivity contribution in [1.82, 2.24) is 63.0 Å². The topological polar surface area (TPSA) is 381 Å². The lowest BCUT2D eigenvalue weighted by Gasteiger charge is -2.40. The predicted molar refractivity (Wildman–Crippen MR) is 278 cm³/mol. The van der Waals surface area contributed by atoms with Crippen LogP contribution in [0.2, 0.25) is 0 Å². The third-order valence-corrected chi connectivity index (χ3v) is 9.12. The number of amides is 11. The van der Waals surface area contributed by atoms with Crippen molar-refractivity contribution in [2.24, 2.45) is 0 Å². The minimum Gasteiger partial charge on any atom is -0.480 e. The van der Waals surface area contributed by atoms with Crippen LogP contribution < -0.4 is 38.0 Å². The Morgan fingerprint density at radius 2 is 0.481 bits per heavy atom. The molecule has 0 aliphatic heterocycles. The number of hydrazine groups is 6. The van der Waals surface area contributed by atoms with Gasteiger partial charge in [0.25, 0.3) is 29.5 Å². The van der Waals surface area contributed by atoms with E-state index in [2.05, 4.69) is 32.6 Å². The lowest BCUT2D eigenvalue weighted by molar-refractivity contribution is -0.163. The van der Waals surface area contributed by atoms with Crippen molar-refractivity contribution in [3.8, 4) is 0 Å². The Morgan fingerprint density at radius 3 is 0.671 bits per heavy atom. The Kier molecular flexibility index (Phi) is 25.1. The molecule has 79 heavy (non-hydrogen) atoms. The van der Waals surface area contributed by atoms with Gasteiger partial charge in [-0.05, 0) is 166 Å². The number of hydrogen-bond acceptors (Lipinski definition) is 19. The molecule has 0 spiro atoms. The minimum absolute atomic E-state index is 0.302. The monoisotopic (exact) mass is 1130 g/mol. The Labute approximate surface area is 461 Å². The van der Waals surface area contributed by atoms with E-state index in [1.54, 1.807) is 20.8 Å². The molecule has 0 aliphatic carbocycles. The number of carboxylic acids is 1. The third kappa shape index (κ3) is 26.5. The van der Waals surface area contributed by atoms with Gasteiger partial charge in [-0.2, -0.15) is 0 Å². The number of nitrogens with one attached hydrogen (secondary N) is 7. The van der Waals surface area contributed by atoms with Gasteiger partial charge in [0.1, 0.15) is 69.9 Å². The van der Waals surface area contributed by atoms with Crippen LogP contribution in [0.4, 0.5) is 28.8 Å². The molecule has 0 aliphatic rings. The van der Waals surface area contributed by atoms with Crippen molar-refractivity contribution in [3.05, 3.63) is 0 Å². The molecule has 11 amide bonds. The van der Waals surface area contributed by atoms with Crippen LogP contribution in [0.15, 0.2) is 0 Å². The van der Waals surface area contributed by atoms with Crippen molar-refractivity contribution >= 4 is 72.1 Å². The SMILES string of the molecule is C[C@H](NNC(=O)OC(C)(C)C)C(=O)N(NC(=O)OC(C)(C)C)[C@@H](C)C(=O)N(NC(=O)OC(C)(C)C)[C@@H](C)C(=O)N(NC(=O)OC(C)(C)C)[C@@H](C)C(=O)N(NC(=O)OC(C)(C)C)[C@@H](C)C(=O)N(NC(=O)OC(C)(C)C)[C@@H](C)C(=O)O. The van der Waals surface area contributed by atoms with Crippen LogP contribution in [0.1, 0.15) is 166 Å². The third-order valence-electron chi connectivity index (χ3n) is 9.12. The highest BCUT2D eigenvalue weighted by atomic mass is 16.6. The van der Waals surface area contributed by atoms with Gasteiger partial charge in [0, 0.05) is 0 Å². The van der Waals surface area contributed by atoms with Crippen molar-refractivity contribution in [2.45, 2.75) is 236 Å². The summed E-state index contributed by atoms with van der Waals surface area (Å²) >= 11 is 0. The van der Waals surface area contributed by atoms with E-state index >= 15 is 4.79 Å². The van der Waals surface area contributed by atoms with E-state index in [4.69, 9.17) is 28.4 Å². The summed E-state index contributed by atoms with van der Waals surface area (Å²) in [4.78, 5) is 165. The highest BCUT2D eigenvalue weighted by Gasteiger charge is 2.45. The molecule has 0 aromatic carbocycles. The molecule has 0 aromatic heterocycles. The van der Waals surface area contributed by atoms with Crippen LogP contribution in [-0.4, -0.2) is 172 Å². The molecule has 0 saturated heterocycles. The van der Waals surface area contributed by atoms with E-state index in [0.29, 0.717) is 25.0 Å². The fourth-order valence-corrected chi connectivity index (χ4v) is 5.81. The molecule has 452 valence electrons. The fraction of sp³-hybridized carbons (Fsp3) is 0.750. The van der Waals surface area contributed by atoms with Gasteiger partial charge in [0.2, 0.25) is 0 Å². The highest BCUT2D eigenvalue weighted by molar-refractivity contribution is 5.98.